The summed E-state index contributed by atoms with van der Waals surface area (Å²) in [5.41, 5.74) is 6.63. The summed E-state index contributed by atoms with van der Waals surface area (Å²) in [4.78, 5) is 13.1. The molecule has 2 saturated heterocycles. The standard InChI is InChI=1S/C23H28N2O3S/c1-15-9-19(18-5-7-28-14-18)12-20(10-15)24-23(26)22-13-21(11-16(2)17(22)3)25-6-4-8-29(25)27/h9-13,18H,4-8,14H2,1-3H3,(H,24,26)/t18-,29?/m0/s1. The summed E-state index contributed by atoms with van der Waals surface area (Å²) in [6.45, 7) is 8.31. The lowest BCUT2D eigenvalue weighted by atomic mass is 9.96. The van der Waals surface area contributed by atoms with Gasteiger partial charge in [-0.1, -0.05) is 6.07 Å². The van der Waals surface area contributed by atoms with Crippen molar-refractivity contribution < 1.29 is 13.7 Å². The first-order chi connectivity index (χ1) is 13.9. The number of nitrogens with zero attached hydrogens (tertiary/aromatic N) is 1. The zero-order valence-corrected chi connectivity index (χ0v) is 18.1. The maximum absolute atomic E-state index is 13.1. The summed E-state index contributed by atoms with van der Waals surface area (Å²) in [7, 11) is -1.00. The maximum Gasteiger partial charge on any atom is 0.256 e. The highest BCUT2D eigenvalue weighted by molar-refractivity contribution is 7.86. The lowest BCUT2D eigenvalue weighted by Crippen LogP contribution is -2.21. The number of aryl methyl sites for hydroxylation is 2. The number of carbonyl (C=O) groups is 1. The number of hydrogen-bond donors (Lipinski definition) is 1. The van der Waals surface area contributed by atoms with Gasteiger partial charge in [-0.15, -0.1) is 0 Å². The molecule has 1 amide bonds. The maximum atomic E-state index is 13.1. The molecule has 29 heavy (non-hydrogen) atoms. The molecule has 154 valence electrons. The Hall–Kier alpha value is -2.18. The molecule has 2 atom stereocenters. The molecule has 0 radical (unpaired) electrons. The van der Waals surface area contributed by atoms with Gasteiger partial charge in [0.2, 0.25) is 0 Å². The van der Waals surface area contributed by atoms with Gasteiger partial charge in [0.15, 0.2) is 0 Å². The van der Waals surface area contributed by atoms with Gasteiger partial charge in [-0.3, -0.25) is 9.10 Å². The van der Waals surface area contributed by atoms with Gasteiger partial charge in [0.25, 0.3) is 5.91 Å². The fraction of sp³-hybridized carbons (Fsp3) is 0.435. The highest BCUT2D eigenvalue weighted by atomic mass is 32.2. The van der Waals surface area contributed by atoms with E-state index in [2.05, 4.69) is 17.4 Å². The molecular weight excluding hydrogens is 384 g/mol. The third-order valence-electron chi connectivity index (χ3n) is 5.87. The van der Waals surface area contributed by atoms with Crippen molar-refractivity contribution in [1.82, 2.24) is 0 Å². The Kier molecular flexibility index (Phi) is 5.74. The van der Waals surface area contributed by atoms with Crippen LogP contribution in [0.15, 0.2) is 30.3 Å². The van der Waals surface area contributed by atoms with Crippen LogP contribution in [0.2, 0.25) is 0 Å². The van der Waals surface area contributed by atoms with Gasteiger partial charge >= 0.3 is 0 Å². The molecule has 2 heterocycles. The predicted molar refractivity (Wildman–Crippen MR) is 118 cm³/mol. The Morgan fingerprint density at radius 1 is 1.17 bits per heavy atom. The second-order valence-electron chi connectivity index (χ2n) is 8.06. The summed E-state index contributed by atoms with van der Waals surface area (Å²) in [5, 5.41) is 3.09. The largest absolute Gasteiger partial charge is 0.381 e. The van der Waals surface area contributed by atoms with Crippen LogP contribution >= 0.6 is 0 Å². The number of carbonyl (C=O) groups excluding carboxylic acids is 1. The van der Waals surface area contributed by atoms with Crippen molar-refractivity contribution in [2.24, 2.45) is 0 Å². The monoisotopic (exact) mass is 412 g/mol. The first-order valence-electron chi connectivity index (χ1n) is 10.2. The van der Waals surface area contributed by atoms with E-state index < -0.39 is 11.0 Å². The van der Waals surface area contributed by atoms with E-state index in [9.17, 15) is 9.00 Å². The second kappa shape index (κ2) is 8.28. The van der Waals surface area contributed by atoms with E-state index in [4.69, 9.17) is 4.74 Å². The van der Waals surface area contributed by atoms with Gasteiger partial charge in [-0.05, 0) is 80.1 Å². The zero-order valence-electron chi connectivity index (χ0n) is 17.3. The Morgan fingerprint density at radius 2 is 2.00 bits per heavy atom. The van der Waals surface area contributed by atoms with Crippen LogP contribution in [0, 0.1) is 20.8 Å². The molecule has 0 bridgehead atoms. The molecular formula is C23H28N2O3S. The van der Waals surface area contributed by atoms with Gasteiger partial charge in [0.05, 0.1) is 12.3 Å². The predicted octanol–water partition coefficient (Wildman–Crippen LogP) is 4.24. The van der Waals surface area contributed by atoms with Crippen LogP contribution in [-0.4, -0.2) is 35.6 Å². The van der Waals surface area contributed by atoms with E-state index >= 15 is 0 Å². The van der Waals surface area contributed by atoms with Crippen LogP contribution in [-0.2, 0) is 15.7 Å². The molecule has 2 aromatic carbocycles. The third kappa shape index (κ3) is 4.23. The first kappa shape index (κ1) is 20.1. The molecule has 0 spiro atoms. The van der Waals surface area contributed by atoms with E-state index in [1.165, 1.54) is 5.56 Å². The van der Waals surface area contributed by atoms with Gasteiger partial charge in [-0.2, -0.15) is 0 Å². The van der Waals surface area contributed by atoms with Crippen molar-refractivity contribution >= 4 is 28.3 Å². The number of nitrogens with one attached hydrogen (secondary N) is 1. The fourth-order valence-electron chi connectivity index (χ4n) is 4.13. The van der Waals surface area contributed by atoms with Gasteiger partial charge in [-0.25, -0.2) is 4.21 Å². The van der Waals surface area contributed by atoms with Crippen LogP contribution in [0.1, 0.15) is 51.4 Å². The number of benzene rings is 2. The Bertz CT molecular complexity index is 967. The lowest BCUT2D eigenvalue weighted by Gasteiger charge is -2.20. The number of amides is 1. The van der Waals surface area contributed by atoms with Crippen molar-refractivity contribution in [1.29, 1.82) is 0 Å². The van der Waals surface area contributed by atoms with E-state index in [0.29, 0.717) is 17.2 Å². The topological polar surface area (TPSA) is 58.6 Å². The van der Waals surface area contributed by atoms with Crippen molar-refractivity contribution in [3.63, 3.8) is 0 Å². The summed E-state index contributed by atoms with van der Waals surface area (Å²) in [6.07, 6.45) is 1.93. The summed E-state index contributed by atoms with van der Waals surface area (Å²) in [5.74, 6) is 0.949. The third-order valence-corrected chi connectivity index (χ3v) is 7.39. The van der Waals surface area contributed by atoms with Crippen molar-refractivity contribution in [3.05, 3.63) is 58.1 Å². The summed E-state index contributed by atoms with van der Waals surface area (Å²) >= 11 is 0. The molecule has 0 aliphatic carbocycles. The number of rotatable bonds is 4. The fourth-order valence-corrected chi connectivity index (χ4v) is 5.40. The number of ether oxygens (including phenoxy) is 1. The Balaban J connectivity index is 1.61. The Labute approximate surface area is 175 Å². The van der Waals surface area contributed by atoms with Crippen LogP contribution in [0.5, 0.6) is 0 Å². The molecule has 6 heteroatoms. The van der Waals surface area contributed by atoms with Crippen LogP contribution in [0.3, 0.4) is 0 Å². The van der Waals surface area contributed by atoms with Crippen molar-refractivity contribution in [3.8, 4) is 0 Å². The minimum absolute atomic E-state index is 0.128. The SMILES string of the molecule is Cc1cc(NC(=O)c2cc(N3CCCS3=O)cc(C)c2C)cc([C@H]2CCOC2)c1. The van der Waals surface area contributed by atoms with E-state index in [1.807, 2.05) is 43.3 Å². The number of hydrogen-bond acceptors (Lipinski definition) is 3. The zero-order chi connectivity index (χ0) is 20.5. The number of anilines is 2. The summed E-state index contributed by atoms with van der Waals surface area (Å²) < 4.78 is 19.7. The van der Waals surface area contributed by atoms with E-state index in [1.54, 1.807) is 0 Å². The van der Waals surface area contributed by atoms with Crippen molar-refractivity contribution in [2.75, 3.05) is 35.1 Å². The molecule has 2 aliphatic heterocycles. The average Bonchev–Trinajstić information content (AvgIpc) is 3.35. The molecule has 0 saturated carbocycles. The molecule has 1 N–H and O–H groups in total. The normalized spacial score (nSPS) is 21.6. The molecule has 1 unspecified atom stereocenters. The van der Waals surface area contributed by atoms with Crippen molar-refractivity contribution in [2.45, 2.75) is 39.5 Å². The molecule has 5 nitrogen and oxygen atoms in total. The molecule has 2 aromatic rings. The van der Waals surface area contributed by atoms with Gasteiger partial charge < -0.3 is 10.1 Å². The lowest BCUT2D eigenvalue weighted by molar-refractivity contribution is 0.102. The van der Waals surface area contributed by atoms with Crippen LogP contribution < -0.4 is 9.62 Å². The minimum atomic E-state index is -1.00. The average molecular weight is 413 g/mol. The Morgan fingerprint density at radius 3 is 2.69 bits per heavy atom. The highest BCUT2D eigenvalue weighted by Crippen LogP contribution is 2.30. The van der Waals surface area contributed by atoms with Crippen LogP contribution in [0.4, 0.5) is 11.4 Å². The molecule has 2 fully saturated rings. The van der Waals surface area contributed by atoms with E-state index in [-0.39, 0.29) is 5.91 Å². The quantitative estimate of drug-likeness (QED) is 0.817. The first-order valence-corrected chi connectivity index (χ1v) is 11.5. The minimum Gasteiger partial charge on any atom is -0.381 e. The van der Waals surface area contributed by atoms with Gasteiger partial charge in [0.1, 0.15) is 11.0 Å². The highest BCUT2D eigenvalue weighted by Gasteiger charge is 2.23. The second-order valence-corrected chi connectivity index (χ2v) is 9.56. The molecule has 0 aromatic heterocycles. The summed E-state index contributed by atoms with van der Waals surface area (Å²) in [6, 6.07) is 10.1. The van der Waals surface area contributed by atoms with E-state index in [0.717, 1.165) is 60.7 Å². The molecule has 2 aliphatic rings. The van der Waals surface area contributed by atoms with Gasteiger partial charge in [0, 0.05) is 36.1 Å². The van der Waals surface area contributed by atoms with Crippen LogP contribution in [0.25, 0.3) is 0 Å². The molecule has 4 rings (SSSR count). The smallest absolute Gasteiger partial charge is 0.256 e.